The van der Waals surface area contributed by atoms with E-state index in [4.69, 9.17) is 11.6 Å². The molecule has 106 valence electrons. The number of hydrogen-bond donors (Lipinski definition) is 3. The third kappa shape index (κ3) is 4.14. The Kier molecular flexibility index (Phi) is 4.36. The van der Waals surface area contributed by atoms with Gasteiger partial charge in [0.2, 0.25) is 11.9 Å². The van der Waals surface area contributed by atoms with Gasteiger partial charge in [-0.2, -0.15) is 9.97 Å². The Morgan fingerprint density at radius 1 is 1.32 bits per heavy atom. The van der Waals surface area contributed by atoms with Crippen molar-refractivity contribution in [3.05, 3.63) is 11.2 Å². The van der Waals surface area contributed by atoms with E-state index in [-0.39, 0.29) is 24.0 Å². The number of hydrazine groups is 1. The van der Waals surface area contributed by atoms with Crippen LogP contribution in [0.5, 0.6) is 0 Å². The van der Waals surface area contributed by atoms with E-state index in [1.165, 1.54) is 0 Å². The molecule has 1 aliphatic rings. The van der Waals surface area contributed by atoms with Gasteiger partial charge in [-0.1, -0.05) is 11.6 Å². The summed E-state index contributed by atoms with van der Waals surface area (Å²) in [4.78, 5) is 8.15. The molecule has 1 aromatic heterocycles. The van der Waals surface area contributed by atoms with Crippen LogP contribution in [0.15, 0.2) is 6.07 Å². The van der Waals surface area contributed by atoms with Crippen molar-refractivity contribution in [1.29, 1.82) is 0 Å². The Bertz CT molecular complexity index is 433. The molecule has 1 aliphatic carbocycles. The molecular weight excluding hydrogens is 276 g/mol. The molecule has 0 spiro atoms. The van der Waals surface area contributed by atoms with Gasteiger partial charge >= 0.3 is 0 Å². The molecule has 1 fully saturated rings. The van der Waals surface area contributed by atoms with Crippen LogP contribution in [0.25, 0.3) is 0 Å². The average molecular weight is 292 g/mol. The Morgan fingerprint density at radius 3 is 2.63 bits per heavy atom. The number of nitrogens with one attached hydrogen (secondary N) is 3. The van der Waals surface area contributed by atoms with Gasteiger partial charge in [0.15, 0.2) is 0 Å². The van der Waals surface area contributed by atoms with E-state index in [1.54, 1.807) is 13.1 Å². The van der Waals surface area contributed by atoms with Crippen molar-refractivity contribution < 1.29 is 8.78 Å². The first-order chi connectivity index (χ1) is 8.98. The van der Waals surface area contributed by atoms with Crippen LogP contribution in [0, 0.1) is 0 Å². The summed E-state index contributed by atoms with van der Waals surface area (Å²) in [6.45, 7) is 0. The molecular formula is C11H16ClF2N5. The Balaban J connectivity index is 1.99. The van der Waals surface area contributed by atoms with Gasteiger partial charge in [-0.05, 0) is 12.8 Å². The van der Waals surface area contributed by atoms with Crippen molar-refractivity contribution in [2.75, 3.05) is 17.8 Å². The molecule has 0 aromatic carbocycles. The van der Waals surface area contributed by atoms with Crippen LogP contribution in [0.1, 0.15) is 25.7 Å². The molecule has 0 atom stereocenters. The largest absolute Gasteiger partial charge is 0.367 e. The summed E-state index contributed by atoms with van der Waals surface area (Å²) in [6, 6.07) is 1.57. The van der Waals surface area contributed by atoms with E-state index in [1.807, 2.05) is 0 Å². The van der Waals surface area contributed by atoms with Crippen LogP contribution < -0.4 is 16.2 Å². The third-order valence-corrected chi connectivity index (χ3v) is 3.19. The number of alkyl halides is 2. The maximum absolute atomic E-state index is 13.1. The molecule has 0 radical (unpaired) electrons. The number of anilines is 2. The summed E-state index contributed by atoms with van der Waals surface area (Å²) in [7, 11) is 1.68. The van der Waals surface area contributed by atoms with Crippen molar-refractivity contribution in [1.82, 2.24) is 15.4 Å². The van der Waals surface area contributed by atoms with Crippen LogP contribution >= 0.6 is 11.6 Å². The molecule has 19 heavy (non-hydrogen) atoms. The molecule has 5 nitrogen and oxygen atoms in total. The molecule has 1 saturated carbocycles. The smallest absolute Gasteiger partial charge is 0.248 e. The highest BCUT2D eigenvalue weighted by molar-refractivity contribution is 6.29. The normalized spacial score (nSPS) is 19.2. The maximum Gasteiger partial charge on any atom is 0.248 e. The topological polar surface area (TPSA) is 61.9 Å². The van der Waals surface area contributed by atoms with Gasteiger partial charge in [0.1, 0.15) is 11.0 Å². The fourth-order valence-corrected chi connectivity index (χ4v) is 2.24. The number of nitrogens with zero attached hydrogens (tertiary/aromatic N) is 2. The second-order valence-corrected chi connectivity index (χ2v) is 4.94. The van der Waals surface area contributed by atoms with Crippen molar-refractivity contribution in [2.24, 2.45) is 0 Å². The summed E-state index contributed by atoms with van der Waals surface area (Å²) < 4.78 is 26.1. The minimum atomic E-state index is -2.53. The highest BCUT2D eigenvalue weighted by atomic mass is 35.5. The molecule has 1 heterocycles. The second kappa shape index (κ2) is 5.83. The quantitative estimate of drug-likeness (QED) is 0.588. The predicted octanol–water partition coefficient (Wildman–Crippen LogP) is 2.67. The Hall–Kier alpha value is -1.21. The lowest BCUT2D eigenvalue weighted by Gasteiger charge is -2.29. The standard InChI is InChI=1S/C11H16ClF2N5/c1-15-19-10-17-8(12)6-9(18-10)16-7-2-4-11(13,14)5-3-7/h6-7,15H,2-5H2,1H3,(H2,16,17,18,19). The van der Waals surface area contributed by atoms with Crippen molar-refractivity contribution >= 4 is 23.4 Å². The van der Waals surface area contributed by atoms with Gasteiger partial charge in [0.05, 0.1) is 0 Å². The second-order valence-electron chi connectivity index (χ2n) is 4.55. The molecule has 8 heteroatoms. The zero-order valence-corrected chi connectivity index (χ0v) is 11.3. The summed E-state index contributed by atoms with van der Waals surface area (Å²) in [5.41, 5.74) is 5.41. The lowest BCUT2D eigenvalue weighted by Crippen LogP contribution is -2.32. The Morgan fingerprint density at radius 2 is 2.00 bits per heavy atom. The number of aromatic nitrogens is 2. The van der Waals surface area contributed by atoms with E-state index in [0.717, 1.165) is 0 Å². The first kappa shape index (κ1) is 14.2. The zero-order chi connectivity index (χ0) is 13.9. The molecule has 0 bridgehead atoms. The van der Waals surface area contributed by atoms with Crippen LogP contribution in [-0.2, 0) is 0 Å². The third-order valence-electron chi connectivity index (χ3n) is 3.00. The molecule has 0 unspecified atom stereocenters. The van der Waals surface area contributed by atoms with Crippen LogP contribution in [0.2, 0.25) is 5.15 Å². The van der Waals surface area contributed by atoms with Crippen molar-refractivity contribution in [2.45, 2.75) is 37.6 Å². The molecule has 3 N–H and O–H groups in total. The highest BCUT2D eigenvalue weighted by Crippen LogP contribution is 2.34. The summed E-state index contributed by atoms with van der Waals surface area (Å²) in [6.07, 6.45) is 0.656. The first-order valence-corrected chi connectivity index (χ1v) is 6.48. The average Bonchev–Trinajstić information content (AvgIpc) is 2.32. The number of halogens is 3. The SMILES string of the molecule is CNNc1nc(Cl)cc(NC2CCC(F)(F)CC2)n1. The van der Waals surface area contributed by atoms with Crippen molar-refractivity contribution in [3.63, 3.8) is 0 Å². The van der Waals surface area contributed by atoms with Gasteiger partial charge in [-0.3, -0.25) is 5.43 Å². The summed E-state index contributed by atoms with van der Waals surface area (Å²) >= 11 is 5.87. The lowest BCUT2D eigenvalue weighted by atomic mass is 9.92. The van der Waals surface area contributed by atoms with Crippen LogP contribution in [0.4, 0.5) is 20.5 Å². The summed E-state index contributed by atoms with van der Waals surface area (Å²) in [5, 5.41) is 3.41. The highest BCUT2D eigenvalue weighted by Gasteiger charge is 2.34. The van der Waals surface area contributed by atoms with Crippen LogP contribution in [0.3, 0.4) is 0 Å². The molecule has 2 rings (SSSR count). The van der Waals surface area contributed by atoms with E-state index in [2.05, 4.69) is 26.1 Å². The van der Waals surface area contributed by atoms with Crippen LogP contribution in [-0.4, -0.2) is 29.0 Å². The maximum atomic E-state index is 13.1. The van der Waals surface area contributed by atoms with Gasteiger partial charge in [-0.15, -0.1) is 0 Å². The molecule has 0 amide bonds. The molecule has 0 aliphatic heterocycles. The predicted molar refractivity (Wildman–Crippen MR) is 70.6 cm³/mol. The van der Waals surface area contributed by atoms with Gasteiger partial charge in [0, 0.05) is 32.0 Å². The summed E-state index contributed by atoms with van der Waals surface area (Å²) in [5.74, 6) is -1.66. The Labute approximate surface area is 115 Å². The zero-order valence-electron chi connectivity index (χ0n) is 10.5. The number of rotatable bonds is 4. The fraction of sp³-hybridized carbons (Fsp3) is 0.636. The van der Waals surface area contributed by atoms with E-state index >= 15 is 0 Å². The van der Waals surface area contributed by atoms with E-state index in [0.29, 0.717) is 24.6 Å². The van der Waals surface area contributed by atoms with Gasteiger partial charge < -0.3 is 5.32 Å². The van der Waals surface area contributed by atoms with Gasteiger partial charge in [0.25, 0.3) is 0 Å². The minimum absolute atomic E-state index is 0.00646. The van der Waals surface area contributed by atoms with Gasteiger partial charge in [-0.25, -0.2) is 14.2 Å². The molecule has 1 aromatic rings. The monoisotopic (exact) mass is 291 g/mol. The van der Waals surface area contributed by atoms with Crippen molar-refractivity contribution in [3.8, 4) is 0 Å². The van der Waals surface area contributed by atoms with E-state index < -0.39 is 5.92 Å². The number of hydrogen-bond acceptors (Lipinski definition) is 5. The lowest BCUT2D eigenvalue weighted by molar-refractivity contribution is -0.0361. The first-order valence-electron chi connectivity index (χ1n) is 6.10. The minimum Gasteiger partial charge on any atom is -0.367 e. The van der Waals surface area contributed by atoms with E-state index in [9.17, 15) is 8.78 Å². The fourth-order valence-electron chi connectivity index (χ4n) is 2.05. The molecule has 0 saturated heterocycles.